The molecule has 1 atom stereocenters. The molecule has 2 aromatic carbocycles. The SMILES string of the molecule is CCOC(=O)C1=C(C)N=C2SC=C(c3ccccc3)N2[C@@H]1c1ccc(OC)cc1OC. The van der Waals surface area contributed by atoms with Crippen LogP contribution in [0, 0.1) is 0 Å². The number of hydrogen-bond acceptors (Lipinski definition) is 7. The third-order valence-corrected chi connectivity index (χ3v) is 6.07. The number of hydrogen-bond donors (Lipinski definition) is 0. The molecule has 0 saturated heterocycles. The van der Waals surface area contributed by atoms with Crippen LogP contribution in [0.5, 0.6) is 11.5 Å². The average Bonchev–Trinajstić information content (AvgIpc) is 3.21. The van der Waals surface area contributed by atoms with Crippen LogP contribution in [0.3, 0.4) is 0 Å². The quantitative estimate of drug-likeness (QED) is 0.594. The van der Waals surface area contributed by atoms with Crippen molar-refractivity contribution in [1.82, 2.24) is 4.90 Å². The Kier molecular flexibility index (Phi) is 6.04. The number of amidine groups is 1. The Hall–Kier alpha value is -3.19. The van der Waals surface area contributed by atoms with Gasteiger partial charge in [-0.2, -0.15) is 0 Å². The van der Waals surface area contributed by atoms with Crippen molar-refractivity contribution in [3.05, 3.63) is 76.3 Å². The summed E-state index contributed by atoms with van der Waals surface area (Å²) < 4.78 is 16.5. The van der Waals surface area contributed by atoms with Gasteiger partial charge in [-0.1, -0.05) is 42.1 Å². The number of aliphatic imine (C=N–C) groups is 1. The second kappa shape index (κ2) is 8.89. The fourth-order valence-electron chi connectivity index (χ4n) is 3.81. The number of ether oxygens (including phenoxy) is 3. The normalized spacial score (nSPS) is 17.7. The summed E-state index contributed by atoms with van der Waals surface area (Å²) in [5.41, 5.74) is 3.99. The van der Waals surface area contributed by atoms with E-state index >= 15 is 0 Å². The van der Waals surface area contributed by atoms with Crippen LogP contribution in [0.25, 0.3) is 5.70 Å². The first-order valence-corrected chi connectivity index (χ1v) is 10.9. The van der Waals surface area contributed by atoms with Gasteiger partial charge in [-0.05, 0) is 31.5 Å². The highest BCUT2D eigenvalue weighted by atomic mass is 32.2. The van der Waals surface area contributed by atoms with E-state index < -0.39 is 6.04 Å². The average molecular weight is 437 g/mol. The lowest BCUT2D eigenvalue weighted by Gasteiger charge is -2.37. The molecule has 0 aromatic heterocycles. The van der Waals surface area contributed by atoms with Gasteiger partial charge in [0.2, 0.25) is 0 Å². The highest BCUT2D eigenvalue weighted by Crippen LogP contribution is 2.49. The van der Waals surface area contributed by atoms with Crippen molar-refractivity contribution < 1.29 is 19.0 Å². The van der Waals surface area contributed by atoms with Crippen molar-refractivity contribution >= 4 is 28.6 Å². The largest absolute Gasteiger partial charge is 0.497 e. The van der Waals surface area contributed by atoms with E-state index in [0.29, 0.717) is 22.8 Å². The summed E-state index contributed by atoms with van der Waals surface area (Å²) in [7, 11) is 3.23. The molecular formula is C24H24N2O4S. The molecule has 0 saturated carbocycles. The lowest BCUT2D eigenvalue weighted by atomic mass is 9.92. The van der Waals surface area contributed by atoms with Gasteiger partial charge in [-0.25, -0.2) is 9.79 Å². The maximum absolute atomic E-state index is 13.1. The zero-order valence-corrected chi connectivity index (χ0v) is 18.7. The molecule has 2 aromatic rings. The molecule has 0 aliphatic carbocycles. The van der Waals surface area contributed by atoms with Gasteiger partial charge in [0.05, 0.1) is 43.8 Å². The summed E-state index contributed by atoms with van der Waals surface area (Å²) in [6.45, 7) is 3.94. The summed E-state index contributed by atoms with van der Waals surface area (Å²) in [6, 6.07) is 15.3. The number of fused-ring (bicyclic) bond motifs is 1. The van der Waals surface area contributed by atoms with Gasteiger partial charge in [0.25, 0.3) is 0 Å². The van der Waals surface area contributed by atoms with Crippen LogP contribution in [-0.2, 0) is 9.53 Å². The van der Waals surface area contributed by atoms with Gasteiger partial charge >= 0.3 is 5.97 Å². The summed E-state index contributed by atoms with van der Waals surface area (Å²) in [6.07, 6.45) is 0. The Morgan fingerprint density at radius 3 is 2.58 bits per heavy atom. The molecular weight excluding hydrogens is 412 g/mol. The number of carbonyl (C=O) groups is 1. The molecule has 7 heteroatoms. The second-order valence-corrected chi connectivity index (χ2v) is 7.82. The molecule has 31 heavy (non-hydrogen) atoms. The van der Waals surface area contributed by atoms with E-state index in [1.54, 1.807) is 32.9 Å². The number of allylic oxidation sites excluding steroid dienone is 1. The standard InChI is InChI=1S/C24H24N2O4S/c1-5-30-23(27)21-15(2)25-24-26(19(14-31-24)16-9-7-6-8-10-16)22(21)18-12-11-17(28-3)13-20(18)29-4/h6-14,22H,5H2,1-4H3/t22-/m1/s1. The molecule has 2 aliphatic rings. The van der Waals surface area contributed by atoms with E-state index in [1.807, 2.05) is 55.5 Å². The van der Waals surface area contributed by atoms with E-state index in [9.17, 15) is 4.79 Å². The van der Waals surface area contributed by atoms with Crippen molar-refractivity contribution in [2.75, 3.05) is 20.8 Å². The molecule has 0 N–H and O–H groups in total. The number of benzene rings is 2. The van der Waals surface area contributed by atoms with Gasteiger partial charge in [-0.15, -0.1) is 0 Å². The number of carbonyl (C=O) groups excluding carboxylic acids is 1. The number of rotatable bonds is 6. The van der Waals surface area contributed by atoms with Gasteiger partial charge in [-0.3, -0.25) is 0 Å². The van der Waals surface area contributed by atoms with Crippen LogP contribution >= 0.6 is 11.8 Å². The zero-order chi connectivity index (χ0) is 22.0. The Morgan fingerprint density at radius 2 is 1.90 bits per heavy atom. The number of methoxy groups -OCH3 is 2. The van der Waals surface area contributed by atoms with Gasteiger partial charge in [0, 0.05) is 17.0 Å². The van der Waals surface area contributed by atoms with Crippen molar-refractivity contribution in [2.24, 2.45) is 4.99 Å². The van der Waals surface area contributed by atoms with E-state index in [1.165, 1.54) is 0 Å². The van der Waals surface area contributed by atoms with Crippen LogP contribution in [0.4, 0.5) is 0 Å². The van der Waals surface area contributed by atoms with Crippen molar-refractivity contribution in [1.29, 1.82) is 0 Å². The third kappa shape index (κ3) is 3.81. The fourth-order valence-corrected chi connectivity index (χ4v) is 4.78. The molecule has 0 spiro atoms. The molecule has 4 rings (SSSR count). The van der Waals surface area contributed by atoms with Gasteiger partial charge in [0.15, 0.2) is 5.17 Å². The van der Waals surface area contributed by atoms with Crippen molar-refractivity contribution in [3.63, 3.8) is 0 Å². The highest BCUT2D eigenvalue weighted by Gasteiger charge is 2.42. The third-order valence-electron chi connectivity index (χ3n) is 5.23. The molecule has 6 nitrogen and oxygen atoms in total. The first kappa shape index (κ1) is 21.1. The van der Waals surface area contributed by atoms with Crippen LogP contribution < -0.4 is 9.47 Å². The topological polar surface area (TPSA) is 60.4 Å². The first-order chi connectivity index (χ1) is 15.1. The molecule has 0 radical (unpaired) electrons. The van der Waals surface area contributed by atoms with E-state index in [-0.39, 0.29) is 12.6 Å². The molecule has 2 aliphatic heterocycles. The Morgan fingerprint density at radius 1 is 1.13 bits per heavy atom. The van der Waals surface area contributed by atoms with Crippen LogP contribution in [-0.4, -0.2) is 36.9 Å². The minimum atomic E-state index is -0.450. The Balaban J connectivity index is 1.91. The summed E-state index contributed by atoms with van der Waals surface area (Å²) >= 11 is 1.54. The smallest absolute Gasteiger partial charge is 0.338 e. The lowest BCUT2D eigenvalue weighted by molar-refractivity contribution is -0.139. The highest BCUT2D eigenvalue weighted by molar-refractivity contribution is 8.16. The van der Waals surface area contributed by atoms with E-state index in [2.05, 4.69) is 10.3 Å². The van der Waals surface area contributed by atoms with Crippen molar-refractivity contribution in [3.8, 4) is 11.5 Å². The molecule has 0 amide bonds. The fraction of sp³-hybridized carbons (Fsp3) is 0.250. The van der Waals surface area contributed by atoms with E-state index in [0.717, 1.165) is 22.0 Å². The maximum atomic E-state index is 13.1. The number of thioether (sulfide) groups is 1. The molecule has 0 fully saturated rings. The van der Waals surface area contributed by atoms with Crippen LogP contribution in [0.1, 0.15) is 31.0 Å². The minimum absolute atomic E-state index is 0.286. The molecule has 2 heterocycles. The van der Waals surface area contributed by atoms with Gasteiger partial charge < -0.3 is 19.1 Å². The molecule has 0 unspecified atom stereocenters. The number of esters is 1. The van der Waals surface area contributed by atoms with Crippen LogP contribution in [0.15, 0.2) is 70.2 Å². The molecule has 0 bridgehead atoms. The lowest BCUT2D eigenvalue weighted by Crippen LogP contribution is -2.36. The summed E-state index contributed by atoms with van der Waals surface area (Å²) in [4.78, 5) is 19.9. The summed E-state index contributed by atoms with van der Waals surface area (Å²) in [5, 5.41) is 2.88. The predicted molar refractivity (Wildman–Crippen MR) is 123 cm³/mol. The Bertz CT molecular complexity index is 1090. The molecule has 160 valence electrons. The van der Waals surface area contributed by atoms with E-state index in [4.69, 9.17) is 19.2 Å². The first-order valence-electron chi connectivity index (χ1n) is 9.99. The zero-order valence-electron chi connectivity index (χ0n) is 17.9. The summed E-state index contributed by atoms with van der Waals surface area (Å²) in [5.74, 6) is 0.929. The predicted octanol–water partition coefficient (Wildman–Crippen LogP) is 5.00. The second-order valence-electron chi connectivity index (χ2n) is 6.98. The van der Waals surface area contributed by atoms with Crippen LogP contribution in [0.2, 0.25) is 0 Å². The number of nitrogens with zero attached hydrogens (tertiary/aromatic N) is 2. The monoisotopic (exact) mass is 436 g/mol. The van der Waals surface area contributed by atoms with Gasteiger partial charge in [0.1, 0.15) is 11.5 Å². The van der Waals surface area contributed by atoms with Crippen molar-refractivity contribution in [2.45, 2.75) is 19.9 Å². The minimum Gasteiger partial charge on any atom is -0.497 e. The maximum Gasteiger partial charge on any atom is 0.338 e. The Labute approximate surface area is 186 Å².